The Balaban J connectivity index is 2.19. The molecule has 0 bridgehead atoms. The molecule has 0 saturated carbocycles. The van der Waals surface area contributed by atoms with Crippen molar-refractivity contribution in [2.75, 3.05) is 13.1 Å². The number of hydrogen-bond acceptors (Lipinski definition) is 2. The summed E-state index contributed by atoms with van der Waals surface area (Å²) in [6, 6.07) is 0. The highest BCUT2D eigenvalue weighted by Crippen LogP contribution is 2.16. The molecule has 1 aliphatic rings. The molecule has 0 amide bonds. The summed E-state index contributed by atoms with van der Waals surface area (Å²) < 4.78 is 0. The van der Waals surface area contributed by atoms with Crippen LogP contribution in [0, 0.1) is 5.92 Å². The number of nitrogens with one attached hydrogen (secondary N) is 1. The lowest BCUT2D eigenvalue weighted by Crippen LogP contribution is -2.29. The van der Waals surface area contributed by atoms with Crippen molar-refractivity contribution in [3.8, 4) is 0 Å². The van der Waals surface area contributed by atoms with Crippen LogP contribution < -0.4 is 5.32 Å². The Bertz CT molecular complexity index is 210. The smallest absolute Gasteiger partial charge is 0.155 e. The molecule has 2 heteroatoms. The minimum Gasteiger partial charge on any atom is -0.316 e. The number of rotatable bonds is 4. The quantitative estimate of drug-likeness (QED) is 0.697. The lowest BCUT2D eigenvalue weighted by atomic mass is 9.93. The second-order valence-corrected chi connectivity index (χ2v) is 4.44. The van der Waals surface area contributed by atoms with Gasteiger partial charge in [-0.2, -0.15) is 0 Å². The highest BCUT2D eigenvalue weighted by atomic mass is 16.1. The standard InChI is InChI=1S/C12H21NO/c1-10(2)8-12(14)6-5-11-4-3-7-13-9-11/h8,11,13H,3-7,9H2,1-2H3. The molecule has 1 unspecified atom stereocenters. The van der Waals surface area contributed by atoms with Gasteiger partial charge in [-0.05, 0) is 58.2 Å². The summed E-state index contributed by atoms with van der Waals surface area (Å²) in [4.78, 5) is 11.4. The van der Waals surface area contributed by atoms with Crippen LogP contribution in [-0.4, -0.2) is 18.9 Å². The van der Waals surface area contributed by atoms with Crippen molar-refractivity contribution >= 4 is 5.78 Å². The highest BCUT2D eigenvalue weighted by molar-refractivity contribution is 5.90. The van der Waals surface area contributed by atoms with Gasteiger partial charge in [0, 0.05) is 6.42 Å². The Hall–Kier alpha value is -0.630. The molecule has 0 aromatic heterocycles. The summed E-state index contributed by atoms with van der Waals surface area (Å²) in [6.45, 7) is 6.20. The molecule has 1 aliphatic heterocycles. The zero-order chi connectivity index (χ0) is 10.4. The fraction of sp³-hybridized carbons (Fsp3) is 0.750. The van der Waals surface area contributed by atoms with E-state index in [1.165, 1.54) is 12.8 Å². The van der Waals surface area contributed by atoms with E-state index in [0.29, 0.717) is 0 Å². The molecule has 0 aliphatic carbocycles. The average molecular weight is 195 g/mol. The first-order chi connectivity index (χ1) is 6.68. The topological polar surface area (TPSA) is 29.1 Å². The van der Waals surface area contributed by atoms with Gasteiger partial charge in [-0.25, -0.2) is 0 Å². The molecule has 0 spiro atoms. The highest BCUT2D eigenvalue weighted by Gasteiger charge is 2.13. The predicted octanol–water partition coefficient (Wildman–Crippen LogP) is 2.30. The molecule has 0 aromatic rings. The van der Waals surface area contributed by atoms with E-state index >= 15 is 0 Å². The second-order valence-electron chi connectivity index (χ2n) is 4.44. The van der Waals surface area contributed by atoms with E-state index in [0.717, 1.165) is 37.4 Å². The van der Waals surface area contributed by atoms with Gasteiger partial charge in [0.25, 0.3) is 0 Å². The van der Waals surface area contributed by atoms with Crippen LogP contribution in [0.1, 0.15) is 39.5 Å². The molecule has 2 nitrogen and oxygen atoms in total. The molecule has 1 heterocycles. The zero-order valence-corrected chi connectivity index (χ0v) is 9.31. The van der Waals surface area contributed by atoms with Crippen LogP contribution >= 0.6 is 0 Å². The van der Waals surface area contributed by atoms with Crippen LogP contribution in [0.15, 0.2) is 11.6 Å². The molecular weight excluding hydrogens is 174 g/mol. The molecule has 1 N–H and O–H groups in total. The first kappa shape index (κ1) is 11.4. The third-order valence-electron chi connectivity index (χ3n) is 2.65. The van der Waals surface area contributed by atoms with Crippen LogP contribution in [0.3, 0.4) is 0 Å². The van der Waals surface area contributed by atoms with Crippen molar-refractivity contribution in [2.24, 2.45) is 5.92 Å². The lowest BCUT2D eigenvalue weighted by Gasteiger charge is -2.21. The van der Waals surface area contributed by atoms with Crippen molar-refractivity contribution in [2.45, 2.75) is 39.5 Å². The van der Waals surface area contributed by atoms with Gasteiger partial charge in [0.05, 0.1) is 0 Å². The van der Waals surface area contributed by atoms with Crippen molar-refractivity contribution in [1.82, 2.24) is 5.32 Å². The van der Waals surface area contributed by atoms with E-state index < -0.39 is 0 Å². The normalized spacial score (nSPS) is 21.7. The van der Waals surface area contributed by atoms with Crippen LogP contribution in [0.5, 0.6) is 0 Å². The van der Waals surface area contributed by atoms with Crippen molar-refractivity contribution in [1.29, 1.82) is 0 Å². The summed E-state index contributed by atoms with van der Waals surface area (Å²) in [5, 5.41) is 3.37. The molecule has 80 valence electrons. The molecule has 1 saturated heterocycles. The molecule has 1 atom stereocenters. The molecule has 0 aromatic carbocycles. The number of piperidine rings is 1. The van der Waals surface area contributed by atoms with Crippen LogP contribution in [0.2, 0.25) is 0 Å². The minimum absolute atomic E-state index is 0.288. The summed E-state index contributed by atoms with van der Waals surface area (Å²) in [7, 11) is 0. The van der Waals surface area contributed by atoms with Crippen LogP contribution in [0.25, 0.3) is 0 Å². The summed E-state index contributed by atoms with van der Waals surface area (Å²) in [5.41, 5.74) is 1.11. The van der Waals surface area contributed by atoms with Gasteiger partial charge in [0.2, 0.25) is 0 Å². The molecular formula is C12H21NO. The summed E-state index contributed by atoms with van der Waals surface area (Å²) in [5.74, 6) is 1.01. The average Bonchev–Trinajstić information content (AvgIpc) is 2.15. The SMILES string of the molecule is CC(C)=CC(=O)CCC1CCCNC1. The summed E-state index contributed by atoms with van der Waals surface area (Å²) >= 11 is 0. The van der Waals surface area contributed by atoms with E-state index in [1.54, 1.807) is 6.08 Å². The van der Waals surface area contributed by atoms with Gasteiger partial charge in [-0.1, -0.05) is 5.57 Å². The van der Waals surface area contributed by atoms with Crippen molar-refractivity contribution in [3.63, 3.8) is 0 Å². The Morgan fingerprint density at radius 3 is 2.86 bits per heavy atom. The summed E-state index contributed by atoms with van der Waals surface area (Å²) in [6.07, 6.45) is 6.08. The Morgan fingerprint density at radius 2 is 2.29 bits per heavy atom. The largest absolute Gasteiger partial charge is 0.316 e. The van der Waals surface area contributed by atoms with E-state index in [2.05, 4.69) is 5.32 Å². The van der Waals surface area contributed by atoms with E-state index in [-0.39, 0.29) is 5.78 Å². The predicted molar refractivity (Wildman–Crippen MR) is 59.3 cm³/mol. The van der Waals surface area contributed by atoms with Crippen molar-refractivity contribution < 1.29 is 4.79 Å². The number of carbonyl (C=O) groups excluding carboxylic acids is 1. The Labute approximate surface area is 86.8 Å². The second kappa shape index (κ2) is 5.97. The maximum absolute atomic E-state index is 11.4. The van der Waals surface area contributed by atoms with Gasteiger partial charge >= 0.3 is 0 Å². The van der Waals surface area contributed by atoms with E-state index in [1.807, 2.05) is 13.8 Å². The van der Waals surface area contributed by atoms with Gasteiger partial charge in [-0.15, -0.1) is 0 Å². The third kappa shape index (κ3) is 4.56. The Morgan fingerprint density at radius 1 is 1.50 bits per heavy atom. The monoisotopic (exact) mass is 195 g/mol. The number of allylic oxidation sites excluding steroid dienone is 2. The first-order valence-corrected chi connectivity index (χ1v) is 5.57. The number of hydrogen-bond donors (Lipinski definition) is 1. The molecule has 0 radical (unpaired) electrons. The third-order valence-corrected chi connectivity index (χ3v) is 2.65. The van der Waals surface area contributed by atoms with Crippen LogP contribution in [-0.2, 0) is 4.79 Å². The number of ketones is 1. The molecule has 14 heavy (non-hydrogen) atoms. The van der Waals surface area contributed by atoms with E-state index in [9.17, 15) is 4.79 Å². The fourth-order valence-corrected chi connectivity index (χ4v) is 1.91. The van der Waals surface area contributed by atoms with Gasteiger partial charge in [0.15, 0.2) is 5.78 Å². The van der Waals surface area contributed by atoms with Gasteiger partial charge < -0.3 is 5.32 Å². The Kier molecular flexibility index (Phi) is 4.88. The maximum Gasteiger partial charge on any atom is 0.155 e. The zero-order valence-electron chi connectivity index (χ0n) is 9.31. The molecule has 1 rings (SSSR count). The molecule has 1 fully saturated rings. The van der Waals surface area contributed by atoms with Crippen LogP contribution in [0.4, 0.5) is 0 Å². The van der Waals surface area contributed by atoms with Gasteiger partial charge in [0.1, 0.15) is 0 Å². The van der Waals surface area contributed by atoms with Gasteiger partial charge in [-0.3, -0.25) is 4.79 Å². The fourth-order valence-electron chi connectivity index (χ4n) is 1.91. The first-order valence-electron chi connectivity index (χ1n) is 5.57. The minimum atomic E-state index is 0.288. The lowest BCUT2D eigenvalue weighted by molar-refractivity contribution is -0.114. The van der Waals surface area contributed by atoms with Crippen molar-refractivity contribution in [3.05, 3.63) is 11.6 Å². The number of carbonyl (C=O) groups is 1. The maximum atomic E-state index is 11.4. The van der Waals surface area contributed by atoms with E-state index in [4.69, 9.17) is 0 Å².